The van der Waals surface area contributed by atoms with E-state index < -0.39 is 0 Å². The number of hydrogen-bond donors (Lipinski definition) is 0. The highest BCUT2D eigenvalue weighted by Crippen LogP contribution is 2.27. The van der Waals surface area contributed by atoms with Crippen molar-refractivity contribution >= 4 is 22.3 Å². The van der Waals surface area contributed by atoms with Crippen molar-refractivity contribution < 1.29 is 9.59 Å². The Kier molecular flexibility index (Phi) is 3.34. The van der Waals surface area contributed by atoms with Gasteiger partial charge in [-0.15, -0.1) is 0 Å². The van der Waals surface area contributed by atoms with Gasteiger partial charge < -0.3 is 0 Å². The van der Waals surface area contributed by atoms with Crippen LogP contribution >= 0.6 is 0 Å². The van der Waals surface area contributed by atoms with Crippen molar-refractivity contribution in [2.45, 2.75) is 6.92 Å². The van der Waals surface area contributed by atoms with Crippen LogP contribution in [0.3, 0.4) is 0 Å². The van der Waals surface area contributed by atoms with Gasteiger partial charge >= 0.3 is 0 Å². The molecule has 0 unspecified atom stereocenters. The first-order valence-electron chi connectivity index (χ1n) is 8.97. The molecule has 0 radical (unpaired) electrons. The number of ketones is 2. The molecule has 0 spiro atoms. The zero-order valence-corrected chi connectivity index (χ0v) is 14.8. The minimum Gasteiger partial charge on any atom is -0.294 e. The minimum absolute atomic E-state index is 0.0941. The Labute approximate surface area is 155 Å². The van der Waals surface area contributed by atoms with Crippen LogP contribution in [0.4, 0.5) is 0 Å². The molecule has 0 amide bonds. The molecular weight excluding hydrogens is 332 g/mol. The van der Waals surface area contributed by atoms with Gasteiger partial charge in [0.1, 0.15) is 0 Å². The van der Waals surface area contributed by atoms with E-state index >= 15 is 0 Å². The van der Waals surface area contributed by atoms with E-state index in [1.807, 2.05) is 66.7 Å². The van der Waals surface area contributed by atoms with Gasteiger partial charge in [0.15, 0.2) is 11.6 Å². The van der Waals surface area contributed by atoms with E-state index in [2.05, 4.69) is 6.07 Å². The lowest BCUT2D eigenvalue weighted by Crippen LogP contribution is -2.11. The first kappa shape index (κ1) is 15.7. The molecule has 0 aliphatic heterocycles. The second-order valence-corrected chi connectivity index (χ2v) is 6.87. The number of carbonyl (C=O) groups is 2. The predicted octanol–water partition coefficient (Wildman–Crippen LogP) is 5.16. The van der Waals surface area contributed by atoms with Crippen molar-refractivity contribution in [3.63, 3.8) is 0 Å². The molecule has 128 valence electrons. The van der Waals surface area contributed by atoms with Crippen molar-refractivity contribution in [3.8, 4) is 0 Å². The average molecular weight is 348 g/mol. The van der Waals surface area contributed by atoms with E-state index in [9.17, 15) is 9.59 Å². The van der Waals surface area contributed by atoms with Crippen LogP contribution in [0.15, 0.2) is 78.9 Å². The minimum atomic E-state index is -0.0979. The Morgan fingerprint density at radius 2 is 1.33 bits per heavy atom. The van der Waals surface area contributed by atoms with Crippen LogP contribution in [-0.4, -0.2) is 11.6 Å². The molecule has 1 aliphatic rings. The molecule has 1 aliphatic carbocycles. The van der Waals surface area contributed by atoms with Crippen LogP contribution in [0.1, 0.15) is 33.2 Å². The van der Waals surface area contributed by atoms with Crippen molar-refractivity contribution in [2.75, 3.05) is 0 Å². The number of Topliss-reactive ketones (excluding diaryl/α,β-unsaturated/α-hetero) is 1. The van der Waals surface area contributed by atoms with Gasteiger partial charge in [-0.3, -0.25) is 9.59 Å². The molecule has 0 fully saturated rings. The van der Waals surface area contributed by atoms with Gasteiger partial charge in [0, 0.05) is 21.9 Å². The highest BCUT2D eigenvalue weighted by molar-refractivity contribution is 6.22. The maximum absolute atomic E-state index is 13.7. The molecule has 4 aromatic carbocycles. The fourth-order valence-corrected chi connectivity index (χ4v) is 4.07. The molecule has 0 aromatic heterocycles. The van der Waals surface area contributed by atoms with E-state index in [1.54, 1.807) is 6.07 Å². The monoisotopic (exact) mass is 348 g/mol. The maximum atomic E-state index is 13.7. The van der Waals surface area contributed by atoms with E-state index in [1.165, 1.54) is 12.1 Å². The largest absolute Gasteiger partial charge is 0.294 e. The molecule has 4 aromatic rings. The maximum Gasteiger partial charge on any atom is 0.195 e. The summed E-state index contributed by atoms with van der Waals surface area (Å²) in [4.78, 5) is 25.9. The number of benzene rings is 4. The molecule has 0 saturated heterocycles. The summed E-state index contributed by atoms with van der Waals surface area (Å²) in [5.41, 5.74) is 1.63. The molecule has 0 bridgehead atoms. The van der Waals surface area contributed by atoms with Gasteiger partial charge in [-0.2, -0.15) is 0 Å². The summed E-state index contributed by atoms with van der Waals surface area (Å²) in [5.74, 6) is -0.192. The number of fused-ring (bicyclic) bond motifs is 3. The number of hydrogen-bond acceptors (Lipinski definition) is 2. The molecular formula is C25H16O2. The van der Waals surface area contributed by atoms with Crippen molar-refractivity contribution in [1.82, 2.24) is 0 Å². The lowest BCUT2D eigenvalue weighted by molar-refractivity contribution is 0.0991. The highest BCUT2D eigenvalue weighted by Gasteiger charge is 2.21. The third-order valence-electron chi connectivity index (χ3n) is 5.33. The Hall–Kier alpha value is -3.52. The van der Waals surface area contributed by atoms with Gasteiger partial charge in [0.25, 0.3) is 0 Å². The molecule has 5 rings (SSSR count). The topological polar surface area (TPSA) is 34.1 Å². The standard InChI is InChI=1S/C25H16O2/c1-15(26)17-14-13-16-7-2-3-8-18(16)24(17)25(27)22-12-6-11-21-19-9-4-5-10-20(19)23(21)22/h2-14H,1H3. The van der Waals surface area contributed by atoms with Crippen molar-refractivity contribution in [2.24, 2.45) is 0 Å². The summed E-state index contributed by atoms with van der Waals surface area (Å²) in [5, 5.41) is 6.14. The van der Waals surface area contributed by atoms with Crippen LogP contribution in [0.2, 0.25) is 0 Å². The number of rotatable bonds is 3. The highest BCUT2D eigenvalue weighted by atomic mass is 16.1. The molecule has 2 heteroatoms. The van der Waals surface area contributed by atoms with Gasteiger partial charge in [-0.1, -0.05) is 78.9 Å². The zero-order valence-electron chi connectivity index (χ0n) is 14.8. The summed E-state index contributed by atoms with van der Waals surface area (Å²) >= 11 is 0. The molecule has 0 saturated carbocycles. The Morgan fingerprint density at radius 3 is 2.15 bits per heavy atom. The molecule has 27 heavy (non-hydrogen) atoms. The smallest absolute Gasteiger partial charge is 0.195 e. The Bertz CT molecular complexity index is 1460. The van der Waals surface area contributed by atoms with Crippen molar-refractivity contribution in [3.05, 3.63) is 116 Å². The predicted molar refractivity (Wildman–Crippen MR) is 106 cm³/mol. The molecule has 0 atom stereocenters. The third kappa shape index (κ3) is 2.20. The lowest BCUT2D eigenvalue weighted by Gasteiger charge is -2.13. The fourth-order valence-electron chi connectivity index (χ4n) is 4.07. The summed E-state index contributed by atoms with van der Waals surface area (Å²) in [6, 6.07) is 25.3. The van der Waals surface area contributed by atoms with E-state index in [0.29, 0.717) is 16.7 Å². The molecule has 2 nitrogen and oxygen atoms in total. The normalized spacial score (nSPS) is 11.4. The van der Waals surface area contributed by atoms with Gasteiger partial charge in [0.05, 0.1) is 0 Å². The fraction of sp³-hybridized carbons (Fsp3) is 0.0400. The van der Waals surface area contributed by atoms with E-state index in [4.69, 9.17) is 0 Å². The third-order valence-corrected chi connectivity index (χ3v) is 5.33. The van der Waals surface area contributed by atoms with E-state index in [-0.39, 0.29) is 11.6 Å². The van der Waals surface area contributed by atoms with Crippen LogP contribution in [0, 0.1) is 20.9 Å². The van der Waals surface area contributed by atoms with Crippen LogP contribution in [0.5, 0.6) is 0 Å². The summed E-state index contributed by atoms with van der Waals surface area (Å²) in [7, 11) is 0. The summed E-state index contributed by atoms with van der Waals surface area (Å²) in [6.45, 7) is 1.51. The second kappa shape index (κ2) is 5.75. The van der Waals surface area contributed by atoms with Crippen LogP contribution in [0.25, 0.3) is 10.8 Å². The first-order chi connectivity index (χ1) is 13.2. The average Bonchev–Trinajstić information content (AvgIpc) is 2.70. The SMILES string of the molecule is CC(=O)c1ccc2ccccc2c1C(=O)c1cccc2c1=c1ccccc1=2. The van der Waals surface area contributed by atoms with Gasteiger partial charge in [0.2, 0.25) is 0 Å². The zero-order chi connectivity index (χ0) is 18.5. The summed E-state index contributed by atoms with van der Waals surface area (Å²) in [6.07, 6.45) is 0. The molecule has 0 N–H and O–H groups in total. The first-order valence-corrected chi connectivity index (χ1v) is 8.97. The number of carbonyl (C=O) groups excluding carboxylic acids is 2. The second-order valence-electron chi connectivity index (χ2n) is 6.87. The Balaban J connectivity index is 1.86. The quantitative estimate of drug-likeness (QED) is 0.422. The molecule has 0 heterocycles. The lowest BCUT2D eigenvalue weighted by atomic mass is 9.88. The van der Waals surface area contributed by atoms with E-state index in [0.717, 1.165) is 26.4 Å². The van der Waals surface area contributed by atoms with Crippen LogP contribution < -0.4 is 0 Å². The van der Waals surface area contributed by atoms with Crippen LogP contribution in [-0.2, 0) is 0 Å². The summed E-state index contributed by atoms with van der Waals surface area (Å²) < 4.78 is 0. The van der Waals surface area contributed by atoms with Gasteiger partial charge in [-0.05, 0) is 33.4 Å². The van der Waals surface area contributed by atoms with Gasteiger partial charge in [-0.25, -0.2) is 0 Å². The Morgan fingerprint density at radius 1 is 0.630 bits per heavy atom. The van der Waals surface area contributed by atoms with Crippen molar-refractivity contribution in [1.29, 1.82) is 0 Å².